The zero-order valence-electron chi connectivity index (χ0n) is 9.69. The van der Waals surface area contributed by atoms with Gasteiger partial charge in [0, 0.05) is 51.3 Å². The maximum atomic E-state index is 5.91. The van der Waals surface area contributed by atoms with Gasteiger partial charge in [-0.3, -0.25) is 4.90 Å². The van der Waals surface area contributed by atoms with Gasteiger partial charge >= 0.3 is 0 Å². The molecule has 0 aromatic heterocycles. The molecule has 2 saturated heterocycles. The molecule has 88 valence electrons. The first-order valence-corrected chi connectivity index (χ1v) is 6.01. The molecule has 0 radical (unpaired) electrons. The number of rotatable bonds is 3. The largest absolute Gasteiger partial charge is 0.381 e. The zero-order chi connectivity index (χ0) is 10.7. The molecule has 0 aromatic rings. The summed E-state index contributed by atoms with van der Waals surface area (Å²) in [5.74, 6) is 0.665. The topological polar surface area (TPSA) is 41.7 Å². The number of nitrogens with zero attached hydrogens (tertiary/aromatic N) is 2. The summed E-state index contributed by atoms with van der Waals surface area (Å²) in [4.78, 5) is 4.94. The van der Waals surface area contributed by atoms with E-state index in [-0.39, 0.29) is 0 Å². The molecule has 0 aromatic carbocycles. The van der Waals surface area contributed by atoms with Crippen molar-refractivity contribution in [1.82, 2.24) is 9.80 Å². The molecule has 15 heavy (non-hydrogen) atoms. The van der Waals surface area contributed by atoms with Crippen molar-refractivity contribution in [1.29, 1.82) is 0 Å². The van der Waals surface area contributed by atoms with Crippen molar-refractivity contribution >= 4 is 0 Å². The summed E-state index contributed by atoms with van der Waals surface area (Å²) in [6, 6.07) is 0.543. The smallest absolute Gasteiger partial charge is 0.0510 e. The van der Waals surface area contributed by atoms with Crippen LogP contribution in [0.15, 0.2) is 0 Å². The Hall–Kier alpha value is -0.160. The van der Waals surface area contributed by atoms with E-state index in [0.29, 0.717) is 12.0 Å². The van der Waals surface area contributed by atoms with E-state index in [1.165, 1.54) is 19.5 Å². The molecule has 2 rings (SSSR count). The lowest BCUT2D eigenvalue weighted by atomic mass is 9.97. The second-order valence-electron chi connectivity index (χ2n) is 4.77. The molecule has 2 heterocycles. The molecular formula is C11H23N3O. The summed E-state index contributed by atoms with van der Waals surface area (Å²) >= 11 is 0. The van der Waals surface area contributed by atoms with E-state index in [9.17, 15) is 0 Å². The molecular weight excluding hydrogens is 190 g/mol. The Morgan fingerprint density at radius 2 is 2.07 bits per heavy atom. The van der Waals surface area contributed by atoms with Gasteiger partial charge in [-0.25, -0.2) is 0 Å². The Bertz CT molecular complexity index is 186. The minimum absolute atomic E-state index is 0.543. The molecule has 0 bridgehead atoms. The highest BCUT2D eigenvalue weighted by Crippen LogP contribution is 2.21. The summed E-state index contributed by atoms with van der Waals surface area (Å²) in [6.07, 6.45) is 1.19. The van der Waals surface area contributed by atoms with Crippen LogP contribution in [0.5, 0.6) is 0 Å². The summed E-state index contributed by atoms with van der Waals surface area (Å²) < 4.78 is 5.46. The van der Waals surface area contributed by atoms with E-state index in [2.05, 4.69) is 16.8 Å². The molecule has 0 amide bonds. The highest BCUT2D eigenvalue weighted by Gasteiger charge is 2.30. The van der Waals surface area contributed by atoms with Gasteiger partial charge in [0.2, 0.25) is 0 Å². The summed E-state index contributed by atoms with van der Waals surface area (Å²) in [5.41, 5.74) is 5.91. The van der Waals surface area contributed by atoms with Crippen LogP contribution in [-0.2, 0) is 4.74 Å². The predicted octanol–water partition coefficient (Wildman–Crippen LogP) is -0.402. The van der Waals surface area contributed by atoms with E-state index in [0.717, 1.165) is 32.8 Å². The molecule has 0 spiro atoms. The molecule has 2 aliphatic rings. The monoisotopic (exact) mass is 213 g/mol. The van der Waals surface area contributed by atoms with Gasteiger partial charge in [0.1, 0.15) is 0 Å². The molecule has 0 aliphatic carbocycles. The first-order chi connectivity index (χ1) is 7.31. The number of ether oxygens (including phenoxy) is 1. The van der Waals surface area contributed by atoms with Gasteiger partial charge in [0.15, 0.2) is 0 Å². The van der Waals surface area contributed by atoms with Gasteiger partial charge in [0.05, 0.1) is 6.61 Å². The van der Waals surface area contributed by atoms with E-state index in [1.807, 2.05) is 0 Å². The Balaban J connectivity index is 1.88. The number of likely N-dealkylation sites (N-methyl/N-ethyl adjacent to an activating group) is 1. The third-order valence-corrected chi connectivity index (χ3v) is 3.76. The predicted molar refractivity (Wildman–Crippen MR) is 60.8 cm³/mol. The number of hydrogen-bond donors (Lipinski definition) is 1. The van der Waals surface area contributed by atoms with Gasteiger partial charge in [-0.15, -0.1) is 0 Å². The van der Waals surface area contributed by atoms with Crippen LogP contribution in [-0.4, -0.2) is 68.8 Å². The fraction of sp³-hybridized carbons (Fsp3) is 1.00. The highest BCUT2D eigenvalue weighted by molar-refractivity contribution is 4.85. The Labute approximate surface area is 92.4 Å². The number of hydrogen-bond acceptors (Lipinski definition) is 4. The van der Waals surface area contributed by atoms with Crippen molar-refractivity contribution in [2.75, 3.05) is 53.0 Å². The summed E-state index contributed by atoms with van der Waals surface area (Å²) in [7, 11) is 2.19. The quantitative estimate of drug-likeness (QED) is 0.692. The summed E-state index contributed by atoms with van der Waals surface area (Å²) in [6.45, 7) is 7.28. The highest BCUT2D eigenvalue weighted by atomic mass is 16.5. The SMILES string of the molecule is CN1CCN(C(CN)C2CCOC2)CC1. The van der Waals surface area contributed by atoms with Crippen LogP contribution in [0.1, 0.15) is 6.42 Å². The Morgan fingerprint density at radius 1 is 1.33 bits per heavy atom. The molecule has 2 unspecified atom stereocenters. The summed E-state index contributed by atoms with van der Waals surface area (Å²) in [5, 5.41) is 0. The van der Waals surface area contributed by atoms with Crippen LogP contribution in [0.2, 0.25) is 0 Å². The van der Waals surface area contributed by atoms with E-state index in [1.54, 1.807) is 0 Å². The fourth-order valence-corrected chi connectivity index (χ4v) is 2.65. The minimum atomic E-state index is 0.543. The lowest BCUT2D eigenvalue weighted by Crippen LogP contribution is -2.54. The van der Waals surface area contributed by atoms with Crippen LogP contribution in [0.4, 0.5) is 0 Å². The third kappa shape index (κ3) is 2.69. The van der Waals surface area contributed by atoms with E-state index >= 15 is 0 Å². The van der Waals surface area contributed by atoms with Gasteiger partial charge < -0.3 is 15.4 Å². The molecule has 4 heteroatoms. The standard InChI is InChI=1S/C11H23N3O/c1-13-3-5-14(6-4-13)11(8-12)10-2-7-15-9-10/h10-11H,2-9,12H2,1H3. The normalized spacial score (nSPS) is 32.0. The van der Waals surface area contributed by atoms with Crippen molar-refractivity contribution in [3.63, 3.8) is 0 Å². The van der Waals surface area contributed by atoms with Crippen LogP contribution in [0, 0.1) is 5.92 Å². The van der Waals surface area contributed by atoms with Crippen molar-refractivity contribution in [3.8, 4) is 0 Å². The zero-order valence-corrected chi connectivity index (χ0v) is 9.69. The van der Waals surface area contributed by atoms with Crippen LogP contribution < -0.4 is 5.73 Å². The number of nitrogens with two attached hydrogens (primary N) is 1. The van der Waals surface area contributed by atoms with Crippen molar-refractivity contribution in [3.05, 3.63) is 0 Å². The first-order valence-electron chi connectivity index (χ1n) is 6.01. The Morgan fingerprint density at radius 3 is 2.60 bits per heavy atom. The molecule has 4 nitrogen and oxygen atoms in total. The second kappa shape index (κ2) is 5.25. The van der Waals surface area contributed by atoms with Crippen molar-refractivity contribution in [2.45, 2.75) is 12.5 Å². The minimum Gasteiger partial charge on any atom is -0.381 e. The van der Waals surface area contributed by atoms with Crippen LogP contribution >= 0.6 is 0 Å². The van der Waals surface area contributed by atoms with Gasteiger partial charge in [0.25, 0.3) is 0 Å². The van der Waals surface area contributed by atoms with E-state index in [4.69, 9.17) is 10.5 Å². The fourth-order valence-electron chi connectivity index (χ4n) is 2.65. The maximum Gasteiger partial charge on any atom is 0.0510 e. The average Bonchev–Trinajstić information content (AvgIpc) is 2.75. The van der Waals surface area contributed by atoms with Gasteiger partial charge in [-0.05, 0) is 13.5 Å². The molecule has 2 aliphatic heterocycles. The molecule has 2 N–H and O–H groups in total. The van der Waals surface area contributed by atoms with Gasteiger partial charge in [-0.2, -0.15) is 0 Å². The number of piperazine rings is 1. The molecule has 2 fully saturated rings. The lowest BCUT2D eigenvalue weighted by molar-refractivity contribution is 0.0767. The van der Waals surface area contributed by atoms with Gasteiger partial charge in [-0.1, -0.05) is 0 Å². The van der Waals surface area contributed by atoms with Crippen LogP contribution in [0.25, 0.3) is 0 Å². The maximum absolute atomic E-state index is 5.91. The van der Waals surface area contributed by atoms with E-state index < -0.39 is 0 Å². The third-order valence-electron chi connectivity index (χ3n) is 3.76. The molecule has 0 saturated carbocycles. The molecule has 2 atom stereocenters. The lowest BCUT2D eigenvalue weighted by Gasteiger charge is -2.39. The second-order valence-corrected chi connectivity index (χ2v) is 4.77. The Kier molecular flexibility index (Phi) is 3.97. The van der Waals surface area contributed by atoms with Crippen molar-refractivity contribution in [2.24, 2.45) is 11.7 Å². The van der Waals surface area contributed by atoms with Crippen molar-refractivity contribution < 1.29 is 4.74 Å². The van der Waals surface area contributed by atoms with Crippen LogP contribution in [0.3, 0.4) is 0 Å². The first kappa shape index (κ1) is 11.3. The average molecular weight is 213 g/mol.